The summed E-state index contributed by atoms with van der Waals surface area (Å²) in [6.45, 7) is 2.92. The van der Waals surface area contributed by atoms with Crippen molar-refractivity contribution in [3.05, 3.63) is 53.9 Å². The molecule has 0 bridgehead atoms. The number of aryl methyl sites for hydroxylation is 1. The molecule has 0 radical (unpaired) electrons. The van der Waals surface area contributed by atoms with Crippen molar-refractivity contribution in [2.24, 2.45) is 0 Å². The Morgan fingerprint density at radius 2 is 2.00 bits per heavy atom. The van der Waals surface area contributed by atoms with Crippen molar-refractivity contribution in [2.45, 2.75) is 26.5 Å². The number of hydrogen-bond donors (Lipinski definition) is 2. The average Bonchev–Trinajstić information content (AvgIpc) is 2.88. The molecule has 1 heterocycles. The van der Waals surface area contributed by atoms with Gasteiger partial charge in [-0.1, -0.05) is 19.1 Å². The van der Waals surface area contributed by atoms with E-state index in [1.807, 2.05) is 22.9 Å². The smallest absolute Gasteiger partial charge is 0.272 e. The van der Waals surface area contributed by atoms with Crippen LogP contribution in [0.15, 0.2) is 42.6 Å². The molecule has 19 heavy (non-hydrogen) atoms. The molecular weight excluding hydrogens is 240 g/mol. The Labute approximate surface area is 112 Å². The van der Waals surface area contributed by atoms with Gasteiger partial charge in [0.1, 0.15) is 5.69 Å². The molecule has 0 spiro atoms. The van der Waals surface area contributed by atoms with E-state index in [4.69, 9.17) is 5.11 Å². The molecule has 0 aliphatic rings. The molecule has 2 rings (SSSR count). The number of nitrogens with one attached hydrogen (secondary N) is 1. The highest BCUT2D eigenvalue weighted by Crippen LogP contribution is 2.12. The quantitative estimate of drug-likeness (QED) is 0.866. The largest absolute Gasteiger partial charge is 0.392 e. The monoisotopic (exact) mass is 258 g/mol. The maximum Gasteiger partial charge on any atom is 0.272 e. The first-order valence-corrected chi connectivity index (χ1v) is 6.41. The number of aliphatic hydroxyl groups is 1. The lowest BCUT2D eigenvalue weighted by Gasteiger charge is -2.09. The second kappa shape index (κ2) is 6.20. The molecule has 0 saturated heterocycles. The Hall–Kier alpha value is -2.07. The molecule has 1 aromatic carbocycles. The van der Waals surface area contributed by atoms with Gasteiger partial charge in [0.25, 0.3) is 5.91 Å². The number of benzene rings is 1. The van der Waals surface area contributed by atoms with Gasteiger partial charge < -0.3 is 15.0 Å². The summed E-state index contributed by atoms with van der Waals surface area (Å²) in [4.78, 5) is 12.1. The first-order chi connectivity index (χ1) is 9.24. The molecule has 1 aromatic heterocycles. The number of anilines is 1. The van der Waals surface area contributed by atoms with Crippen molar-refractivity contribution >= 4 is 11.6 Å². The van der Waals surface area contributed by atoms with E-state index in [1.165, 1.54) is 0 Å². The van der Waals surface area contributed by atoms with Crippen LogP contribution in [0.3, 0.4) is 0 Å². The van der Waals surface area contributed by atoms with Gasteiger partial charge in [-0.25, -0.2) is 0 Å². The summed E-state index contributed by atoms with van der Waals surface area (Å²) < 4.78 is 1.94. The summed E-state index contributed by atoms with van der Waals surface area (Å²) in [6.07, 6.45) is 2.90. The first kappa shape index (κ1) is 13.4. The highest BCUT2D eigenvalue weighted by atomic mass is 16.3. The summed E-state index contributed by atoms with van der Waals surface area (Å²) in [6, 6.07) is 10.8. The third-order valence-corrected chi connectivity index (χ3v) is 2.92. The third-order valence-electron chi connectivity index (χ3n) is 2.92. The minimum absolute atomic E-state index is 0.00752. The Bertz CT molecular complexity index is 544. The molecule has 4 nitrogen and oxygen atoms in total. The molecule has 0 saturated carbocycles. The number of rotatable bonds is 5. The number of nitrogens with zero attached hydrogens (tertiary/aromatic N) is 1. The van der Waals surface area contributed by atoms with Crippen molar-refractivity contribution in [1.29, 1.82) is 0 Å². The molecule has 0 fully saturated rings. The van der Waals surface area contributed by atoms with E-state index in [-0.39, 0.29) is 12.5 Å². The van der Waals surface area contributed by atoms with Gasteiger partial charge in [-0.05, 0) is 36.2 Å². The van der Waals surface area contributed by atoms with Gasteiger partial charge in [-0.15, -0.1) is 0 Å². The van der Waals surface area contributed by atoms with Crippen LogP contribution in [-0.4, -0.2) is 15.6 Å². The Morgan fingerprint density at radius 1 is 1.26 bits per heavy atom. The maximum absolute atomic E-state index is 12.1. The molecule has 1 amide bonds. The van der Waals surface area contributed by atoms with Crippen LogP contribution in [0.2, 0.25) is 0 Å². The van der Waals surface area contributed by atoms with Gasteiger partial charge in [0.2, 0.25) is 0 Å². The topological polar surface area (TPSA) is 54.3 Å². The summed E-state index contributed by atoms with van der Waals surface area (Å²) in [5.41, 5.74) is 2.21. The highest BCUT2D eigenvalue weighted by molar-refractivity contribution is 6.03. The fourth-order valence-electron chi connectivity index (χ4n) is 1.94. The van der Waals surface area contributed by atoms with Crippen molar-refractivity contribution in [3.8, 4) is 0 Å². The molecule has 2 aromatic rings. The van der Waals surface area contributed by atoms with Gasteiger partial charge in [-0.2, -0.15) is 0 Å². The molecule has 0 aliphatic heterocycles. The lowest BCUT2D eigenvalue weighted by molar-refractivity contribution is 0.101. The molecule has 2 N–H and O–H groups in total. The molecule has 100 valence electrons. The van der Waals surface area contributed by atoms with E-state index >= 15 is 0 Å². The van der Waals surface area contributed by atoms with E-state index in [1.54, 1.807) is 24.3 Å². The maximum atomic E-state index is 12.1. The van der Waals surface area contributed by atoms with Crippen LogP contribution in [0.4, 0.5) is 5.69 Å². The number of aliphatic hydroxyl groups excluding tert-OH is 1. The van der Waals surface area contributed by atoms with E-state index in [2.05, 4.69) is 12.2 Å². The minimum Gasteiger partial charge on any atom is -0.392 e. The molecule has 0 aliphatic carbocycles. The Balaban J connectivity index is 2.09. The second-order valence-corrected chi connectivity index (χ2v) is 4.40. The lowest BCUT2D eigenvalue weighted by Crippen LogP contribution is -2.16. The zero-order valence-electron chi connectivity index (χ0n) is 11.0. The number of carbonyl (C=O) groups is 1. The van der Waals surface area contributed by atoms with Gasteiger partial charge in [-0.3, -0.25) is 4.79 Å². The average molecular weight is 258 g/mol. The van der Waals surface area contributed by atoms with Gasteiger partial charge in [0, 0.05) is 18.4 Å². The number of hydrogen-bond acceptors (Lipinski definition) is 2. The Kier molecular flexibility index (Phi) is 4.36. The predicted molar refractivity (Wildman–Crippen MR) is 75.0 cm³/mol. The van der Waals surface area contributed by atoms with Crippen LogP contribution in [0.1, 0.15) is 29.4 Å². The number of aromatic nitrogens is 1. The van der Waals surface area contributed by atoms with E-state index in [0.29, 0.717) is 5.69 Å². The van der Waals surface area contributed by atoms with Crippen molar-refractivity contribution in [3.63, 3.8) is 0 Å². The second-order valence-electron chi connectivity index (χ2n) is 4.40. The van der Waals surface area contributed by atoms with Crippen LogP contribution in [0.25, 0.3) is 0 Å². The Morgan fingerprint density at radius 3 is 2.63 bits per heavy atom. The van der Waals surface area contributed by atoms with Gasteiger partial charge in [0.05, 0.1) is 6.61 Å². The van der Waals surface area contributed by atoms with Crippen LogP contribution >= 0.6 is 0 Å². The zero-order valence-corrected chi connectivity index (χ0v) is 11.0. The van der Waals surface area contributed by atoms with Crippen molar-refractivity contribution in [2.75, 3.05) is 5.32 Å². The molecular formula is C15H18N2O2. The summed E-state index contributed by atoms with van der Waals surface area (Å²) in [5, 5.41) is 11.8. The van der Waals surface area contributed by atoms with Crippen molar-refractivity contribution < 1.29 is 9.90 Å². The van der Waals surface area contributed by atoms with E-state index in [9.17, 15) is 4.79 Å². The van der Waals surface area contributed by atoms with Crippen molar-refractivity contribution in [1.82, 2.24) is 4.57 Å². The SMILES string of the molecule is CCCn1cccc1C(=O)Nc1ccc(CO)cc1. The van der Waals surface area contributed by atoms with Crippen LogP contribution in [0, 0.1) is 0 Å². The predicted octanol–water partition coefficient (Wildman–Crippen LogP) is 2.64. The summed E-state index contributed by atoms with van der Waals surface area (Å²) >= 11 is 0. The zero-order chi connectivity index (χ0) is 13.7. The minimum atomic E-state index is -0.116. The fourth-order valence-corrected chi connectivity index (χ4v) is 1.94. The highest BCUT2D eigenvalue weighted by Gasteiger charge is 2.10. The number of carbonyl (C=O) groups excluding carboxylic acids is 1. The molecule has 0 atom stereocenters. The van der Waals surface area contributed by atoms with Crippen LogP contribution in [0.5, 0.6) is 0 Å². The molecule has 0 unspecified atom stereocenters. The van der Waals surface area contributed by atoms with E-state index < -0.39 is 0 Å². The third kappa shape index (κ3) is 3.23. The van der Waals surface area contributed by atoms with Gasteiger partial charge >= 0.3 is 0 Å². The van der Waals surface area contributed by atoms with Crippen LogP contribution < -0.4 is 5.32 Å². The van der Waals surface area contributed by atoms with Gasteiger partial charge in [0.15, 0.2) is 0 Å². The standard InChI is InChI=1S/C15H18N2O2/c1-2-9-17-10-3-4-14(17)15(19)16-13-7-5-12(11-18)6-8-13/h3-8,10,18H,2,9,11H2,1H3,(H,16,19). The summed E-state index contributed by atoms with van der Waals surface area (Å²) in [7, 11) is 0. The number of amides is 1. The van der Waals surface area contributed by atoms with Crippen LogP contribution in [-0.2, 0) is 13.2 Å². The lowest BCUT2D eigenvalue weighted by atomic mass is 10.2. The fraction of sp³-hybridized carbons (Fsp3) is 0.267. The molecule has 4 heteroatoms. The first-order valence-electron chi connectivity index (χ1n) is 6.41. The summed E-state index contributed by atoms with van der Waals surface area (Å²) in [5.74, 6) is -0.116. The normalized spacial score (nSPS) is 10.4. The van der Waals surface area contributed by atoms with E-state index in [0.717, 1.165) is 24.2 Å².